The number of nitrogens with one attached hydrogen (secondary N) is 1. The Labute approximate surface area is 253 Å². The summed E-state index contributed by atoms with van der Waals surface area (Å²) in [6.45, 7) is 10.5. The first-order valence-corrected chi connectivity index (χ1v) is 17.5. The van der Waals surface area contributed by atoms with Crippen LogP contribution >= 0.6 is 0 Å². The second kappa shape index (κ2) is 12.2. The highest BCUT2D eigenvalue weighted by Crippen LogP contribution is 2.44. The molecule has 3 aromatic carbocycles. The van der Waals surface area contributed by atoms with Crippen LogP contribution in [0.2, 0.25) is 18.1 Å². The molecule has 1 aromatic heterocycles. The van der Waals surface area contributed by atoms with Crippen LogP contribution in [-0.4, -0.2) is 47.9 Å². The number of aromatic nitrogens is 2. The van der Waals surface area contributed by atoms with Crippen LogP contribution in [0.15, 0.2) is 113 Å². The number of benzene rings is 3. The van der Waals surface area contributed by atoms with Crippen LogP contribution in [-0.2, 0) is 19.5 Å². The topological polar surface area (TPSA) is 103 Å². The molecule has 8 nitrogen and oxygen atoms in total. The van der Waals surface area contributed by atoms with Crippen LogP contribution in [0.4, 0.5) is 0 Å². The fourth-order valence-corrected chi connectivity index (χ4v) is 6.62. The molecule has 4 aromatic rings. The third-order valence-electron chi connectivity index (χ3n) is 8.68. The van der Waals surface area contributed by atoms with Gasteiger partial charge in [-0.25, -0.2) is 4.79 Å². The summed E-state index contributed by atoms with van der Waals surface area (Å²) in [5, 5.41) is 11.6. The second-order valence-electron chi connectivity index (χ2n) is 12.5. The molecule has 9 heteroatoms. The van der Waals surface area contributed by atoms with Crippen LogP contribution in [0.25, 0.3) is 0 Å². The van der Waals surface area contributed by atoms with Crippen molar-refractivity contribution in [3.8, 4) is 0 Å². The Morgan fingerprint density at radius 3 is 1.77 bits per heavy atom. The number of aromatic amines is 1. The highest BCUT2D eigenvalue weighted by molar-refractivity contribution is 6.74. The molecule has 0 aliphatic carbocycles. The molecule has 4 atom stereocenters. The maximum absolute atomic E-state index is 12.9. The van der Waals surface area contributed by atoms with E-state index in [0.717, 1.165) is 16.7 Å². The molecule has 0 saturated carbocycles. The monoisotopic (exact) mass is 600 g/mol. The van der Waals surface area contributed by atoms with E-state index in [1.54, 1.807) is 0 Å². The molecule has 4 unspecified atom stereocenters. The molecule has 226 valence electrons. The Balaban J connectivity index is 1.56. The van der Waals surface area contributed by atoms with E-state index >= 15 is 0 Å². The number of hydrogen-bond acceptors (Lipinski definition) is 6. The zero-order valence-corrected chi connectivity index (χ0v) is 26.3. The van der Waals surface area contributed by atoms with Crippen LogP contribution in [0.1, 0.15) is 43.7 Å². The third-order valence-corrected chi connectivity index (χ3v) is 13.2. The van der Waals surface area contributed by atoms with Crippen molar-refractivity contribution in [1.29, 1.82) is 0 Å². The number of ether oxygens (including phenoxy) is 2. The molecule has 2 N–H and O–H groups in total. The summed E-state index contributed by atoms with van der Waals surface area (Å²) in [6.07, 6.45) is -2.40. The second-order valence-corrected chi connectivity index (χ2v) is 17.3. The first-order chi connectivity index (χ1) is 20.4. The Morgan fingerprint density at radius 1 is 0.837 bits per heavy atom. The van der Waals surface area contributed by atoms with Crippen LogP contribution in [0, 0.1) is 0 Å². The van der Waals surface area contributed by atoms with Gasteiger partial charge >= 0.3 is 5.69 Å². The molecular formula is C34H40N2O6Si. The van der Waals surface area contributed by atoms with Crippen LogP contribution < -0.4 is 11.2 Å². The first kappa shape index (κ1) is 30.8. The van der Waals surface area contributed by atoms with E-state index in [2.05, 4.69) is 38.8 Å². The van der Waals surface area contributed by atoms with Crippen molar-refractivity contribution in [2.75, 3.05) is 6.61 Å². The van der Waals surface area contributed by atoms with Gasteiger partial charge in [-0.15, -0.1) is 0 Å². The molecule has 43 heavy (non-hydrogen) atoms. The lowest BCUT2D eigenvalue weighted by molar-refractivity contribution is -0.0956. The Hall–Kier alpha value is -3.60. The van der Waals surface area contributed by atoms with E-state index in [1.807, 2.05) is 91.0 Å². The van der Waals surface area contributed by atoms with E-state index in [1.165, 1.54) is 16.8 Å². The SMILES string of the molecule is CC(C)(C)[Si](C)(C)OC1C(O)C(COC(c2ccccc2)(c2ccccc2)c2ccccc2)OC1n1ccc(=O)[nH]c1=O. The minimum Gasteiger partial charge on any atom is -0.407 e. The normalized spacial score (nSPS) is 21.2. The van der Waals surface area contributed by atoms with Gasteiger partial charge in [0.2, 0.25) is 0 Å². The number of nitrogens with zero attached hydrogens (tertiary/aromatic N) is 1. The summed E-state index contributed by atoms with van der Waals surface area (Å²) in [4.78, 5) is 27.0. The van der Waals surface area contributed by atoms with E-state index in [4.69, 9.17) is 13.9 Å². The van der Waals surface area contributed by atoms with Crippen molar-refractivity contribution in [3.05, 3.63) is 141 Å². The van der Waals surface area contributed by atoms with Crippen LogP contribution in [0.5, 0.6) is 0 Å². The van der Waals surface area contributed by atoms with E-state index in [9.17, 15) is 14.7 Å². The quantitative estimate of drug-likeness (QED) is 0.202. The molecule has 0 spiro atoms. The van der Waals surface area contributed by atoms with Gasteiger partial charge in [-0.05, 0) is 34.8 Å². The number of aliphatic hydroxyl groups is 1. The van der Waals surface area contributed by atoms with Gasteiger partial charge in [-0.3, -0.25) is 14.3 Å². The molecule has 1 aliphatic rings. The Morgan fingerprint density at radius 2 is 1.33 bits per heavy atom. The lowest BCUT2D eigenvalue weighted by atomic mass is 9.80. The molecule has 2 heterocycles. The molecular weight excluding hydrogens is 560 g/mol. The smallest absolute Gasteiger partial charge is 0.330 e. The maximum atomic E-state index is 12.9. The molecule has 0 bridgehead atoms. The zero-order valence-electron chi connectivity index (χ0n) is 25.3. The predicted octanol–water partition coefficient (Wildman–Crippen LogP) is 5.19. The number of H-pyrrole nitrogens is 1. The van der Waals surface area contributed by atoms with Gasteiger partial charge in [0.25, 0.3) is 5.56 Å². The summed E-state index contributed by atoms with van der Waals surface area (Å²) in [5.74, 6) is 0. The summed E-state index contributed by atoms with van der Waals surface area (Å²) >= 11 is 0. The molecule has 0 radical (unpaired) electrons. The summed E-state index contributed by atoms with van der Waals surface area (Å²) in [7, 11) is -2.43. The van der Waals surface area contributed by atoms with Crippen LogP contribution in [0.3, 0.4) is 0 Å². The van der Waals surface area contributed by atoms with Crippen molar-refractivity contribution in [1.82, 2.24) is 9.55 Å². The van der Waals surface area contributed by atoms with Gasteiger partial charge in [-0.1, -0.05) is 112 Å². The van der Waals surface area contributed by atoms with Crippen molar-refractivity contribution in [2.45, 2.75) is 69.0 Å². The van der Waals surface area contributed by atoms with Gasteiger partial charge in [0.1, 0.15) is 23.9 Å². The number of rotatable bonds is 9. The molecule has 1 aliphatic heterocycles. The number of aliphatic hydroxyl groups excluding tert-OH is 1. The average Bonchev–Trinajstić information content (AvgIpc) is 3.28. The van der Waals surface area contributed by atoms with Gasteiger partial charge in [0.05, 0.1) is 6.61 Å². The van der Waals surface area contributed by atoms with E-state index < -0.39 is 49.7 Å². The number of hydrogen-bond donors (Lipinski definition) is 2. The van der Waals surface area contributed by atoms with E-state index in [-0.39, 0.29) is 11.6 Å². The molecule has 0 amide bonds. The standard InChI is InChI=1S/C34H40N2O6Si/c1-33(2,3)43(4,5)42-30-29(38)27(41-31(30)36-22-21-28(37)35-32(36)39)23-40-34(24-15-9-6-10-16-24,25-17-11-7-12-18-25)26-19-13-8-14-20-26/h6-22,27,29-31,38H,23H2,1-5H3,(H,35,37,39). The van der Waals surface area contributed by atoms with Crippen molar-refractivity contribution < 1.29 is 19.0 Å². The molecule has 1 saturated heterocycles. The summed E-state index contributed by atoms with van der Waals surface area (Å²) < 4.78 is 21.3. The first-order valence-electron chi connectivity index (χ1n) is 14.6. The minimum absolute atomic E-state index is 0.00812. The Bertz CT molecular complexity index is 1520. The van der Waals surface area contributed by atoms with Gasteiger partial charge in [0.15, 0.2) is 14.5 Å². The van der Waals surface area contributed by atoms with Crippen molar-refractivity contribution >= 4 is 8.32 Å². The lowest BCUT2D eigenvalue weighted by Crippen LogP contribution is -2.50. The van der Waals surface area contributed by atoms with Crippen molar-refractivity contribution in [2.24, 2.45) is 0 Å². The largest absolute Gasteiger partial charge is 0.407 e. The fraction of sp³-hybridized carbons (Fsp3) is 0.353. The summed E-state index contributed by atoms with van der Waals surface area (Å²) in [6, 6.07) is 31.1. The predicted molar refractivity (Wildman–Crippen MR) is 168 cm³/mol. The molecule has 5 rings (SSSR count). The minimum atomic E-state index is -2.43. The summed E-state index contributed by atoms with van der Waals surface area (Å²) in [5.41, 5.74) is 0.588. The maximum Gasteiger partial charge on any atom is 0.330 e. The lowest BCUT2D eigenvalue weighted by Gasteiger charge is -2.40. The highest BCUT2D eigenvalue weighted by Gasteiger charge is 2.51. The zero-order chi connectivity index (χ0) is 30.8. The Kier molecular flexibility index (Phi) is 8.74. The van der Waals surface area contributed by atoms with Crippen molar-refractivity contribution in [3.63, 3.8) is 0 Å². The van der Waals surface area contributed by atoms with E-state index in [0.29, 0.717) is 0 Å². The third kappa shape index (κ3) is 6.09. The average molecular weight is 601 g/mol. The fourth-order valence-electron chi connectivity index (χ4n) is 5.33. The van der Waals surface area contributed by atoms with Gasteiger partial charge in [-0.2, -0.15) is 0 Å². The van der Waals surface area contributed by atoms with Gasteiger partial charge in [0, 0.05) is 12.3 Å². The highest BCUT2D eigenvalue weighted by atomic mass is 28.4. The van der Waals surface area contributed by atoms with Gasteiger partial charge < -0.3 is 19.0 Å². The molecule has 1 fully saturated rings.